The van der Waals surface area contributed by atoms with Crippen molar-refractivity contribution in [1.82, 2.24) is 9.78 Å². The Labute approximate surface area is 164 Å². The molecule has 0 aliphatic carbocycles. The van der Waals surface area contributed by atoms with E-state index in [-0.39, 0.29) is 16.9 Å². The molecule has 0 saturated carbocycles. The highest BCUT2D eigenvalue weighted by molar-refractivity contribution is 5.71. The number of aromatic nitrogens is 2. The molecule has 0 aliphatic heterocycles. The van der Waals surface area contributed by atoms with Crippen molar-refractivity contribution in [3.8, 4) is 16.9 Å². The monoisotopic (exact) mass is 385 g/mol. The van der Waals surface area contributed by atoms with Crippen LogP contribution in [0, 0.1) is 10.1 Å². The Hall–Kier alpha value is -4.33. The smallest absolute Gasteiger partial charge is 0.288 e. The van der Waals surface area contributed by atoms with Crippen LogP contribution in [0.3, 0.4) is 0 Å². The molecule has 4 rings (SSSR count). The van der Waals surface area contributed by atoms with Crippen LogP contribution >= 0.6 is 0 Å². The topological polar surface area (TPSA) is 106 Å². The molecule has 1 N–H and O–H groups in total. The maximum Gasteiger partial charge on any atom is 0.299 e. The summed E-state index contributed by atoms with van der Waals surface area (Å²) >= 11 is 0. The summed E-state index contributed by atoms with van der Waals surface area (Å²) in [5.74, 6) is 0. The van der Waals surface area contributed by atoms with Gasteiger partial charge in [-0.2, -0.15) is 5.11 Å². The summed E-state index contributed by atoms with van der Waals surface area (Å²) in [7, 11) is 0. The molecule has 8 heteroatoms. The van der Waals surface area contributed by atoms with Crippen molar-refractivity contribution in [2.24, 2.45) is 10.2 Å². The van der Waals surface area contributed by atoms with Crippen molar-refractivity contribution >= 4 is 17.1 Å². The average Bonchev–Trinajstić information content (AvgIpc) is 3.10. The van der Waals surface area contributed by atoms with Crippen LogP contribution in [-0.2, 0) is 0 Å². The molecule has 142 valence electrons. The van der Waals surface area contributed by atoms with E-state index >= 15 is 0 Å². The van der Waals surface area contributed by atoms with Crippen LogP contribution in [0.25, 0.3) is 16.9 Å². The summed E-state index contributed by atoms with van der Waals surface area (Å²) in [4.78, 5) is 23.3. The normalized spacial score (nSPS) is 11.0. The SMILES string of the molecule is O=c1c(N=Nc2ccc([N+](=O)[O-])cc2)c(-c2ccccc2)[nH]n1-c1ccccc1. The van der Waals surface area contributed by atoms with Crippen LogP contribution in [0.2, 0.25) is 0 Å². The number of nitrogens with one attached hydrogen (secondary N) is 1. The number of nitro benzene ring substituents is 1. The van der Waals surface area contributed by atoms with Crippen LogP contribution in [0.5, 0.6) is 0 Å². The molecule has 29 heavy (non-hydrogen) atoms. The van der Waals surface area contributed by atoms with Gasteiger partial charge < -0.3 is 0 Å². The molecule has 0 bridgehead atoms. The largest absolute Gasteiger partial charge is 0.299 e. The fourth-order valence-electron chi connectivity index (χ4n) is 2.83. The molecule has 0 saturated heterocycles. The van der Waals surface area contributed by atoms with E-state index in [9.17, 15) is 14.9 Å². The summed E-state index contributed by atoms with van der Waals surface area (Å²) in [6, 6.07) is 24.1. The highest BCUT2D eigenvalue weighted by Crippen LogP contribution is 2.28. The van der Waals surface area contributed by atoms with Gasteiger partial charge >= 0.3 is 0 Å². The molecular weight excluding hydrogens is 370 g/mol. The number of benzene rings is 3. The van der Waals surface area contributed by atoms with Gasteiger partial charge in [0.05, 0.1) is 22.0 Å². The first-order chi connectivity index (χ1) is 14.1. The second kappa shape index (κ2) is 7.73. The maximum atomic E-state index is 13.0. The summed E-state index contributed by atoms with van der Waals surface area (Å²) in [5, 5.41) is 22.1. The Morgan fingerprint density at radius 3 is 2.07 bits per heavy atom. The number of hydrogen-bond acceptors (Lipinski definition) is 5. The van der Waals surface area contributed by atoms with Crippen LogP contribution in [0.15, 0.2) is 100.0 Å². The van der Waals surface area contributed by atoms with Gasteiger partial charge in [0.15, 0.2) is 5.69 Å². The standard InChI is InChI=1S/C21H15N5O3/c27-21-20(23-22-16-11-13-18(14-12-16)26(28)29)19(15-7-3-1-4-8-15)24-25(21)17-9-5-2-6-10-17/h1-14,24H. The number of para-hydroxylation sites is 1. The summed E-state index contributed by atoms with van der Waals surface area (Å²) in [6.07, 6.45) is 0. The molecular formula is C21H15N5O3. The number of rotatable bonds is 5. The fraction of sp³-hybridized carbons (Fsp3) is 0. The zero-order valence-corrected chi connectivity index (χ0v) is 15.1. The van der Waals surface area contributed by atoms with Crippen LogP contribution < -0.4 is 5.56 Å². The van der Waals surface area contributed by atoms with E-state index in [0.717, 1.165) is 5.56 Å². The molecule has 0 spiro atoms. The summed E-state index contributed by atoms with van der Waals surface area (Å²) < 4.78 is 1.41. The van der Waals surface area contributed by atoms with Gasteiger partial charge in [0.1, 0.15) is 0 Å². The first-order valence-electron chi connectivity index (χ1n) is 8.75. The number of H-pyrrole nitrogens is 1. The predicted octanol–water partition coefficient (Wildman–Crippen LogP) is 5.16. The molecule has 0 aliphatic rings. The van der Waals surface area contributed by atoms with Gasteiger partial charge in [-0.15, -0.1) is 5.11 Å². The maximum absolute atomic E-state index is 13.0. The lowest BCUT2D eigenvalue weighted by Crippen LogP contribution is -2.13. The van der Waals surface area contributed by atoms with Gasteiger partial charge in [0.2, 0.25) is 0 Å². The third-order valence-corrected chi connectivity index (χ3v) is 4.27. The molecule has 1 heterocycles. The van der Waals surface area contributed by atoms with Crippen molar-refractivity contribution in [3.63, 3.8) is 0 Å². The van der Waals surface area contributed by atoms with E-state index in [2.05, 4.69) is 15.3 Å². The van der Waals surface area contributed by atoms with Gasteiger partial charge in [-0.3, -0.25) is 20.0 Å². The molecule has 3 aromatic carbocycles. The highest BCUT2D eigenvalue weighted by atomic mass is 16.6. The Morgan fingerprint density at radius 2 is 1.45 bits per heavy atom. The second-order valence-electron chi connectivity index (χ2n) is 6.15. The van der Waals surface area contributed by atoms with Crippen molar-refractivity contribution in [2.75, 3.05) is 0 Å². The first-order valence-corrected chi connectivity index (χ1v) is 8.75. The van der Waals surface area contributed by atoms with E-state index in [1.165, 1.54) is 28.9 Å². The van der Waals surface area contributed by atoms with Crippen LogP contribution in [-0.4, -0.2) is 14.7 Å². The lowest BCUT2D eigenvalue weighted by atomic mass is 10.1. The van der Waals surface area contributed by atoms with E-state index in [1.807, 2.05) is 60.7 Å². The summed E-state index contributed by atoms with van der Waals surface area (Å²) in [6.45, 7) is 0. The Balaban J connectivity index is 1.80. The Bertz CT molecular complexity index is 1230. The van der Waals surface area contributed by atoms with E-state index in [4.69, 9.17) is 0 Å². The van der Waals surface area contributed by atoms with Crippen molar-refractivity contribution in [3.05, 3.63) is 105 Å². The van der Waals surface area contributed by atoms with Gasteiger partial charge in [-0.1, -0.05) is 48.5 Å². The average molecular weight is 385 g/mol. The van der Waals surface area contributed by atoms with E-state index < -0.39 is 4.92 Å². The number of nitrogens with zero attached hydrogens (tertiary/aromatic N) is 4. The third kappa shape index (κ3) is 3.72. The van der Waals surface area contributed by atoms with Gasteiger partial charge in [-0.25, -0.2) is 4.68 Å². The second-order valence-corrected chi connectivity index (χ2v) is 6.15. The Morgan fingerprint density at radius 1 is 0.828 bits per heavy atom. The number of nitro groups is 1. The highest BCUT2D eigenvalue weighted by Gasteiger charge is 2.16. The molecule has 0 amide bonds. The number of azo groups is 1. The van der Waals surface area contributed by atoms with Crippen LogP contribution in [0.1, 0.15) is 0 Å². The Kier molecular flexibility index (Phi) is 4.81. The predicted molar refractivity (Wildman–Crippen MR) is 109 cm³/mol. The van der Waals surface area contributed by atoms with Crippen LogP contribution in [0.4, 0.5) is 17.1 Å². The van der Waals surface area contributed by atoms with E-state index in [1.54, 1.807) is 0 Å². The zero-order chi connectivity index (χ0) is 20.2. The molecule has 4 aromatic rings. The fourth-order valence-corrected chi connectivity index (χ4v) is 2.83. The van der Waals surface area contributed by atoms with Gasteiger partial charge in [0.25, 0.3) is 11.2 Å². The lowest BCUT2D eigenvalue weighted by Gasteiger charge is -2.01. The number of aromatic amines is 1. The quantitative estimate of drug-likeness (QED) is 0.291. The number of hydrogen-bond donors (Lipinski definition) is 1. The van der Waals surface area contributed by atoms with Crippen molar-refractivity contribution in [1.29, 1.82) is 0 Å². The molecule has 0 fully saturated rings. The molecule has 0 unspecified atom stereocenters. The molecule has 8 nitrogen and oxygen atoms in total. The first kappa shape index (κ1) is 18.1. The minimum atomic E-state index is -0.487. The zero-order valence-electron chi connectivity index (χ0n) is 15.1. The van der Waals surface area contributed by atoms with Gasteiger partial charge in [0, 0.05) is 17.7 Å². The van der Waals surface area contributed by atoms with Crippen molar-refractivity contribution < 1.29 is 4.92 Å². The third-order valence-electron chi connectivity index (χ3n) is 4.27. The molecule has 1 aromatic heterocycles. The lowest BCUT2D eigenvalue weighted by molar-refractivity contribution is -0.384. The minimum absolute atomic E-state index is 0.0398. The summed E-state index contributed by atoms with van der Waals surface area (Å²) in [5.41, 5.74) is 2.16. The number of non-ortho nitro benzene ring substituents is 1. The van der Waals surface area contributed by atoms with Crippen molar-refractivity contribution in [2.45, 2.75) is 0 Å². The van der Waals surface area contributed by atoms with E-state index in [0.29, 0.717) is 17.1 Å². The van der Waals surface area contributed by atoms with Gasteiger partial charge in [-0.05, 0) is 24.3 Å². The molecule has 0 atom stereocenters. The molecule has 0 radical (unpaired) electrons. The minimum Gasteiger partial charge on any atom is -0.288 e.